The van der Waals surface area contributed by atoms with Crippen molar-refractivity contribution in [2.45, 2.75) is 26.3 Å². The molecular weight excluding hydrogens is 490 g/mol. The second-order valence-electron chi connectivity index (χ2n) is 9.77. The van der Waals surface area contributed by atoms with Crippen LogP contribution in [0.15, 0.2) is 60.7 Å². The third-order valence-electron chi connectivity index (χ3n) is 7.11. The van der Waals surface area contributed by atoms with Crippen LogP contribution in [0.25, 0.3) is 22.4 Å². The van der Waals surface area contributed by atoms with E-state index >= 15 is 0 Å². The number of hydrogen-bond acceptors (Lipinski definition) is 7. The highest BCUT2D eigenvalue weighted by Gasteiger charge is 2.15. The molecule has 1 aliphatic heterocycles. The summed E-state index contributed by atoms with van der Waals surface area (Å²) >= 11 is 0. The highest BCUT2D eigenvalue weighted by Crippen LogP contribution is 2.34. The van der Waals surface area contributed by atoms with Crippen molar-refractivity contribution in [1.82, 2.24) is 19.8 Å². The normalized spacial score (nSPS) is 13.9. The summed E-state index contributed by atoms with van der Waals surface area (Å²) in [7, 11) is 3.53. The Morgan fingerprint density at radius 2 is 1.77 bits per heavy atom. The van der Waals surface area contributed by atoms with Gasteiger partial charge in [-0.25, -0.2) is 4.98 Å². The van der Waals surface area contributed by atoms with Gasteiger partial charge in [-0.3, -0.25) is 4.90 Å². The van der Waals surface area contributed by atoms with Gasteiger partial charge in [0.1, 0.15) is 35.4 Å². The standard InChI is InChI=1S/C31H39N5O3/c1-4-5-15-36-29-22-24(38-19-18-35-16-13-33-14-17-35)9-11-27(29)34-31(36)23-7-6-8-25(20-23)39-26-10-12-30(37-3)28(21-26)32-2/h6-12,20-22,32-33H,4-5,13-19H2,1-3H3. The Morgan fingerprint density at radius 3 is 2.56 bits per heavy atom. The fourth-order valence-corrected chi connectivity index (χ4v) is 4.96. The highest BCUT2D eigenvalue weighted by atomic mass is 16.5. The number of imidazole rings is 1. The molecule has 2 heterocycles. The lowest BCUT2D eigenvalue weighted by Gasteiger charge is -2.26. The molecule has 0 radical (unpaired) electrons. The Morgan fingerprint density at radius 1 is 0.949 bits per heavy atom. The summed E-state index contributed by atoms with van der Waals surface area (Å²) in [6.07, 6.45) is 2.18. The quantitative estimate of drug-likeness (QED) is 0.246. The zero-order valence-corrected chi connectivity index (χ0v) is 23.2. The second-order valence-corrected chi connectivity index (χ2v) is 9.77. The maximum atomic E-state index is 6.23. The Kier molecular flexibility index (Phi) is 8.85. The molecule has 39 heavy (non-hydrogen) atoms. The first-order valence-corrected chi connectivity index (χ1v) is 13.9. The summed E-state index contributed by atoms with van der Waals surface area (Å²) in [5, 5.41) is 6.55. The SMILES string of the molecule is CCCCn1c(-c2cccc(Oc3ccc(OC)c(NC)c3)c2)nc2ccc(OCCN3CCNCC3)cc21. The Hall–Kier alpha value is -3.75. The van der Waals surface area contributed by atoms with Crippen LogP contribution in [0.2, 0.25) is 0 Å². The fraction of sp³-hybridized carbons (Fsp3) is 0.387. The molecule has 1 aliphatic rings. The highest BCUT2D eigenvalue weighted by molar-refractivity contribution is 5.82. The fourth-order valence-electron chi connectivity index (χ4n) is 4.96. The van der Waals surface area contributed by atoms with Crippen molar-refractivity contribution < 1.29 is 14.2 Å². The maximum Gasteiger partial charge on any atom is 0.142 e. The van der Waals surface area contributed by atoms with Crippen LogP contribution in [-0.2, 0) is 6.54 Å². The molecule has 0 unspecified atom stereocenters. The molecule has 1 aromatic heterocycles. The predicted molar refractivity (Wildman–Crippen MR) is 157 cm³/mol. The molecule has 8 heteroatoms. The molecule has 0 atom stereocenters. The molecule has 2 N–H and O–H groups in total. The lowest BCUT2D eigenvalue weighted by Crippen LogP contribution is -2.44. The number of aromatic nitrogens is 2. The van der Waals surface area contributed by atoms with Crippen molar-refractivity contribution in [2.75, 3.05) is 58.8 Å². The predicted octanol–water partition coefficient (Wildman–Crippen LogP) is 5.63. The third-order valence-corrected chi connectivity index (χ3v) is 7.11. The second kappa shape index (κ2) is 12.9. The van der Waals surface area contributed by atoms with E-state index in [1.807, 2.05) is 43.4 Å². The molecule has 0 bridgehead atoms. The number of nitrogens with one attached hydrogen (secondary N) is 2. The molecule has 0 spiro atoms. The Labute approximate surface area is 230 Å². The lowest BCUT2D eigenvalue weighted by atomic mass is 10.2. The first-order chi connectivity index (χ1) is 19.2. The molecule has 1 saturated heterocycles. The van der Waals surface area contributed by atoms with Gasteiger partial charge in [0.25, 0.3) is 0 Å². The number of rotatable bonds is 12. The van der Waals surface area contributed by atoms with Crippen molar-refractivity contribution in [2.24, 2.45) is 0 Å². The zero-order chi connectivity index (χ0) is 27.0. The number of piperazine rings is 1. The van der Waals surface area contributed by atoms with Crippen LogP contribution in [-0.4, -0.2) is 67.9 Å². The lowest BCUT2D eigenvalue weighted by molar-refractivity contribution is 0.191. The van der Waals surface area contributed by atoms with Gasteiger partial charge in [-0.1, -0.05) is 25.5 Å². The van der Waals surface area contributed by atoms with Gasteiger partial charge >= 0.3 is 0 Å². The summed E-state index contributed by atoms with van der Waals surface area (Å²) in [5.41, 5.74) is 3.95. The van der Waals surface area contributed by atoms with Gasteiger partial charge in [0.15, 0.2) is 0 Å². The molecule has 8 nitrogen and oxygen atoms in total. The van der Waals surface area contributed by atoms with Gasteiger partial charge < -0.3 is 29.4 Å². The molecule has 0 saturated carbocycles. The van der Waals surface area contributed by atoms with Crippen molar-refractivity contribution in [3.05, 3.63) is 60.7 Å². The van der Waals surface area contributed by atoms with E-state index in [4.69, 9.17) is 19.2 Å². The van der Waals surface area contributed by atoms with E-state index in [1.165, 1.54) is 0 Å². The minimum absolute atomic E-state index is 0.682. The first kappa shape index (κ1) is 26.8. The van der Waals surface area contributed by atoms with Crippen LogP contribution in [0.3, 0.4) is 0 Å². The number of hydrogen-bond donors (Lipinski definition) is 2. The van der Waals surface area contributed by atoms with Crippen LogP contribution in [0, 0.1) is 0 Å². The van der Waals surface area contributed by atoms with Crippen LogP contribution in [0.4, 0.5) is 5.69 Å². The topological polar surface area (TPSA) is 72.8 Å². The number of methoxy groups -OCH3 is 1. The number of benzene rings is 3. The number of unbranched alkanes of at least 4 members (excludes halogenated alkanes) is 1. The van der Waals surface area contributed by atoms with Crippen LogP contribution >= 0.6 is 0 Å². The van der Waals surface area contributed by atoms with Crippen molar-refractivity contribution >= 4 is 16.7 Å². The van der Waals surface area contributed by atoms with E-state index in [0.717, 1.165) is 103 Å². The minimum Gasteiger partial charge on any atom is -0.495 e. The van der Waals surface area contributed by atoms with Crippen molar-refractivity contribution in [3.63, 3.8) is 0 Å². The molecule has 5 rings (SSSR count). The molecule has 3 aromatic carbocycles. The zero-order valence-electron chi connectivity index (χ0n) is 23.2. The molecule has 0 aliphatic carbocycles. The summed E-state index contributed by atoms with van der Waals surface area (Å²) in [6.45, 7) is 8.98. The van der Waals surface area contributed by atoms with Crippen LogP contribution in [0.5, 0.6) is 23.0 Å². The van der Waals surface area contributed by atoms with E-state index in [-0.39, 0.29) is 0 Å². The maximum absolute atomic E-state index is 6.23. The van der Waals surface area contributed by atoms with Gasteiger partial charge in [0.2, 0.25) is 0 Å². The van der Waals surface area contributed by atoms with E-state index < -0.39 is 0 Å². The van der Waals surface area contributed by atoms with E-state index in [2.05, 4.69) is 51.3 Å². The minimum atomic E-state index is 0.682. The molecule has 4 aromatic rings. The molecule has 206 valence electrons. The molecular formula is C31H39N5O3. The van der Waals surface area contributed by atoms with Gasteiger partial charge in [-0.15, -0.1) is 0 Å². The number of aryl methyl sites for hydroxylation is 1. The summed E-state index contributed by atoms with van der Waals surface area (Å²) in [5.74, 6) is 4.09. The van der Waals surface area contributed by atoms with E-state index in [9.17, 15) is 0 Å². The van der Waals surface area contributed by atoms with E-state index in [0.29, 0.717) is 6.61 Å². The average Bonchev–Trinajstić information content (AvgIpc) is 3.34. The molecule has 0 amide bonds. The first-order valence-electron chi connectivity index (χ1n) is 13.9. The average molecular weight is 530 g/mol. The summed E-state index contributed by atoms with van der Waals surface area (Å²) in [6, 6.07) is 20.1. The third kappa shape index (κ3) is 6.46. The largest absolute Gasteiger partial charge is 0.495 e. The summed E-state index contributed by atoms with van der Waals surface area (Å²) < 4.78 is 20.1. The van der Waals surface area contributed by atoms with Gasteiger partial charge in [0, 0.05) is 64.0 Å². The van der Waals surface area contributed by atoms with Crippen molar-refractivity contribution in [1.29, 1.82) is 0 Å². The molecule has 1 fully saturated rings. The van der Waals surface area contributed by atoms with Gasteiger partial charge in [0.05, 0.1) is 23.8 Å². The Bertz CT molecular complexity index is 1380. The Balaban J connectivity index is 1.38. The number of anilines is 1. The summed E-state index contributed by atoms with van der Waals surface area (Å²) in [4.78, 5) is 7.48. The van der Waals surface area contributed by atoms with Crippen LogP contribution in [0.1, 0.15) is 19.8 Å². The van der Waals surface area contributed by atoms with Gasteiger partial charge in [-0.05, 0) is 42.8 Å². The number of nitrogens with zero attached hydrogens (tertiary/aromatic N) is 3. The number of ether oxygens (including phenoxy) is 3. The monoisotopic (exact) mass is 529 g/mol. The van der Waals surface area contributed by atoms with Crippen molar-refractivity contribution in [3.8, 4) is 34.4 Å². The van der Waals surface area contributed by atoms with Gasteiger partial charge in [-0.2, -0.15) is 0 Å². The van der Waals surface area contributed by atoms with E-state index in [1.54, 1.807) is 7.11 Å². The smallest absolute Gasteiger partial charge is 0.142 e. The number of fused-ring (bicyclic) bond motifs is 1. The van der Waals surface area contributed by atoms with Crippen LogP contribution < -0.4 is 24.8 Å².